The highest BCUT2D eigenvalue weighted by molar-refractivity contribution is 5.97. The summed E-state index contributed by atoms with van der Waals surface area (Å²) in [6, 6.07) is 8.16. The van der Waals surface area contributed by atoms with Gasteiger partial charge in [-0.2, -0.15) is 0 Å². The average molecular weight is 397 g/mol. The van der Waals surface area contributed by atoms with E-state index in [1.54, 1.807) is 19.1 Å². The van der Waals surface area contributed by atoms with Crippen molar-refractivity contribution >= 4 is 17.7 Å². The van der Waals surface area contributed by atoms with Crippen LogP contribution in [0.2, 0.25) is 0 Å². The number of rotatable bonds is 6. The molecule has 0 saturated carbocycles. The van der Waals surface area contributed by atoms with Gasteiger partial charge in [-0.25, -0.2) is 0 Å². The minimum Gasteiger partial charge on any atom is -0.472 e. The number of carbonyl (C=O) groups excluding carboxylic acids is 3. The molecule has 1 aliphatic rings. The number of amides is 3. The van der Waals surface area contributed by atoms with Gasteiger partial charge in [0.05, 0.1) is 11.8 Å². The molecule has 2 aromatic rings. The first-order valence-electron chi connectivity index (χ1n) is 10.0. The van der Waals surface area contributed by atoms with Crippen LogP contribution >= 0.6 is 0 Å². The molecular weight excluding hydrogens is 370 g/mol. The van der Waals surface area contributed by atoms with E-state index in [1.165, 1.54) is 31.4 Å². The number of furan rings is 1. The van der Waals surface area contributed by atoms with Crippen LogP contribution < -0.4 is 10.6 Å². The zero-order valence-electron chi connectivity index (χ0n) is 16.6. The van der Waals surface area contributed by atoms with Crippen LogP contribution in [0.5, 0.6) is 0 Å². The molecule has 0 aliphatic carbocycles. The van der Waals surface area contributed by atoms with E-state index in [9.17, 15) is 14.4 Å². The molecule has 7 nitrogen and oxygen atoms in total. The van der Waals surface area contributed by atoms with E-state index >= 15 is 0 Å². The predicted molar refractivity (Wildman–Crippen MR) is 108 cm³/mol. The molecule has 0 bridgehead atoms. The summed E-state index contributed by atoms with van der Waals surface area (Å²) in [5.74, 6) is -0.581. The molecule has 1 fully saturated rings. The Labute approximate surface area is 170 Å². The maximum Gasteiger partial charge on any atom is 0.255 e. The Kier molecular flexibility index (Phi) is 7.05. The van der Waals surface area contributed by atoms with Crippen molar-refractivity contribution in [2.75, 3.05) is 13.1 Å². The molecule has 1 aromatic heterocycles. The molecule has 1 atom stereocenters. The third-order valence-corrected chi connectivity index (χ3v) is 5.09. The van der Waals surface area contributed by atoms with E-state index in [0.29, 0.717) is 17.7 Å². The topological polar surface area (TPSA) is 91.6 Å². The van der Waals surface area contributed by atoms with Crippen LogP contribution in [0.15, 0.2) is 47.3 Å². The van der Waals surface area contributed by atoms with Crippen LogP contribution in [0.1, 0.15) is 58.9 Å². The Morgan fingerprint density at radius 3 is 2.31 bits per heavy atom. The van der Waals surface area contributed by atoms with Gasteiger partial charge in [0.2, 0.25) is 5.91 Å². The van der Waals surface area contributed by atoms with Crippen molar-refractivity contribution in [3.05, 3.63) is 59.5 Å². The average Bonchev–Trinajstić information content (AvgIpc) is 3.14. The first-order chi connectivity index (χ1) is 14.0. The Balaban J connectivity index is 1.48. The number of benzene rings is 1. The lowest BCUT2D eigenvalue weighted by Gasteiger charge is -2.20. The van der Waals surface area contributed by atoms with Gasteiger partial charge in [-0.15, -0.1) is 0 Å². The van der Waals surface area contributed by atoms with Crippen molar-refractivity contribution in [1.29, 1.82) is 0 Å². The zero-order valence-corrected chi connectivity index (χ0v) is 16.6. The van der Waals surface area contributed by atoms with Gasteiger partial charge in [0.15, 0.2) is 0 Å². The van der Waals surface area contributed by atoms with Gasteiger partial charge >= 0.3 is 0 Å². The molecule has 29 heavy (non-hydrogen) atoms. The maximum atomic E-state index is 12.6. The van der Waals surface area contributed by atoms with Crippen molar-refractivity contribution in [1.82, 2.24) is 15.5 Å². The molecule has 0 radical (unpaired) electrons. The fourth-order valence-corrected chi connectivity index (χ4v) is 3.30. The molecule has 0 spiro atoms. The minimum atomic E-state index is -0.679. The lowest BCUT2D eigenvalue weighted by molar-refractivity contribution is -0.122. The van der Waals surface area contributed by atoms with Gasteiger partial charge in [0.1, 0.15) is 12.3 Å². The largest absolute Gasteiger partial charge is 0.472 e. The highest BCUT2D eigenvalue weighted by Crippen LogP contribution is 2.14. The first kappa shape index (κ1) is 20.6. The standard InChI is InChI=1S/C22H27N3O4/c1-16(24-21(27)19-10-13-29-15-19)20(26)23-14-17-6-8-18(9-7-17)22(28)25-11-4-2-3-5-12-25/h6-10,13,15-16H,2-5,11-12,14H2,1H3,(H,23,26)(H,24,27)/t16-/m1/s1. The van der Waals surface area contributed by atoms with E-state index in [4.69, 9.17) is 4.42 Å². The van der Waals surface area contributed by atoms with Crippen LogP contribution in [-0.4, -0.2) is 41.8 Å². The van der Waals surface area contributed by atoms with Crippen LogP contribution in [0.25, 0.3) is 0 Å². The summed E-state index contributed by atoms with van der Waals surface area (Å²) >= 11 is 0. The summed E-state index contributed by atoms with van der Waals surface area (Å²) in [5.41, 5.74) is 1.93. The fourth-order valence-electron chi connectivity index (χ4n) is 3.30. The van der Waals surface area contributed by atoms with E-state index in [2.05, 4.69) is 10.6 Å². The number of nitrogens with zero attached hydrogens (tertiary/aromatic N) is 1. The molecule has 2 N–H and O–H groups in total. The van der Waals surface area contributed by atoms with E-state index in [-0.39, 0.29) is 17.7 Å². The van der Waals surface area contributed by atoms with Crippen LogP contribution in [0.4, 0.5) is 0 Å². The second kappa shape index (κ2) is 9.91. The van der Waals surface area contributed by atoms with Gasteiger partial charge in [0.25, 0.3) is 11.8 Å². The summed E-state index contributed by atoms with van der Waals surface area (Å²) in [6.45, 7) is 3.58. The van der Waals surface area contributed by atoms with Gasteiger partial charge in [-0.3, -0.25) is 14.4 Å². The third-order valence-electron chi connectivity index (χ3n) is 5.09. The summed E-state index contributed by atoms with van der Waals surface area (Å²) < 4.78 is 4.87. The summed E-state index contributed by atoms with van der Waals surface area (Å²) in [4.78, 5) is 38.7. The molecule has 7 heteroatoms. The van der Waals surface area contributed by atoms with Gasteiger partial charge < -0.3 is 20.0 Å². The Hall–Kier alpha value is -3.09. The molecule has 3 amide bonds. The monoisotopic (exact) mass is 397 g/mol. The Morgan fingerprint density at radius 1 is 1.00 bits per heavy atom. The van der Waals surface area contributed by atoms with Crippen LogP contribution in [-0.2, 0) is 11.3 Å². The number of hydrogen-bond donors (Lipinski definition) is 2. The fraction of sp³-hybridized carbons (Fsp3) is 0.409. The molecule has 1 aromatic carbocycles. The molecule has 0 unspecified atom stereocenters. The first-order valence-corrected chi connectivity index (χ1v) is 10.0. The Bertz CT molecular complexity index is 822. The van der Waals surface area contributed by atoms with Gasteiger partial charge in [-0.1, -0.05) is 25.0 Å². The highest BCUT2D eigenvalue weighted by atomic mass is 16.3. The van der Waals surface area contributed by atoms with Crippen molar-refractivity contribution in [3.63, 3.8) is 0 Å². The van der Waals surface area contributed by atoms with Crippen molar-refractivity contribution in [2.45, 2.75) is 45.2 Å². The minimum absolute atomic E-state index is 0.0677. The predicted octanol–water partition coefficient (Wildman–Crippen LogP) is 2.73. The van der Waals surface area contributed by atoms with E-state index < -0.39 is 6.04 Å². The summed E-state index contributed by atoms with van der Waals surface area (Å²) in [6.07, 6.45) is 7.22. The number of hydrogen-bond acceptors (Lipinski definition) is 4. The van der Waals surface area contributed by atoms with Gasteiger partial charge in [-0.05, 0) is 43.5 Å². The molecule has 3 rings (SSSR count). The number of likely N-dealkylation sites (tertiary alicyclic amines) is 1. The SMILES string of the molecule is C[C@@H](NC(=O)c1ccoc1)C(=O)NCc1ccc(C(=O)N2CCCCCC2)cc1. The van der Waals surface area contributed by atoms with Crippen LogP contribution in [0.3, 0.4) is 0 Å². The molecule has 1 saturated heterocycles. The van der Waals surface area contributed by atoms with E-state index in [1.807, 2.05) is 17.0 Å². The van der Waals surface area contributed by atoms with Crippen molar-refractivity contribution < 1.29 is 18.8 Å². The smallest absolute Gasteiger partial charge is 0.255 e. The molecule has 2 heterocycles. The quantitative estimate of drug-likeness (QED) is 0.784. The van der Waals surface area contributed by atoms with E-state index in [0.717, 1.165) is 31.5 Å². The normalized spacial score (nSPS) is 15.3. The van der Waals surface area contributed by atoms with Crippen LogP contribution in [0, 0.1) is 0 Å². The third kappa shape index (κ3) is 5.70. The summed E-state index contributed by atoms with van der Waals surface area (Å²) in [7, 11) is 0. The summed E-state index contributed by atoms with van der Waals surface area (Å²) in [5, 5.41) is 5.42. The van der Waals surface area contributed by atoms with Gasteiger partial charge in [0, 0.05) is 25.2 Å². The number of carbonyl (C=O) groups is 3. The molecule has 154 valence electrons. The highest BCUT2D eigenvalue weighted by Gasteiger charge is 2.18. The Morgan fingerprint density at radius 2 is 1.69 bits per heavy atom. The zero-order chi connectivity index (χ0) is 20.6. The second-order valence-corrected chi connectivity index (χ2v) is 7.33. The van der Waals surface area contributed by atoms with Crippen molar-refractivity contribution in [3.8, 4) is 0 Å². The number of nitrogens with one attached hydrogen (secondary N) is 2. The lowest BCUT2D eigenvalue weighted by Crippen LogP contribution is -2.44. The second-order valence-electron chi connectivity index (χ2n) is 7.33. The van der Waals surface area contributed by atoms with Crippen molar-refractivity contribution in [2.24, 2.45) is 0 Å². The molecule has 1 aliphatic heterocycles. The maximum absolute atomic E-state index is 12.6. The molecular formula is C22H27N3O4. The lowest BCUT2D eigenvalue weighted by atomic mass is 10.1.